The van der Waals surface area contributed by atoms with Crippen molar-refractivity contribution < 1.29 is 4.74 Å². The number of allylic oxidation sites excluding steroid dienone is 3. The Balaban J connectivity index is 2.47. The van der Waals surface area contributed by atoms with E-state index >= 15 is 0 Å². The molecule has 0 spiro atoms. The fourth-order valence-corrected chi connectivity index (χ4v) is 1.62. The SMILES string of the molecule is C=C(C)OCC1=CCC(C(C)(C)C)C=C1. The van der Waals surface area contributed by atoms with Gasteiger partial charge in [-0.2, -0.15) is 0 Å². The average molecular weight is 206 g/mol. The van der Waals surface area contributed by atoms with Crippen molar-refractivity contribution in [3.05, 3.63) is 36.1 Å². The van der Waals surface area contributed by atoms with E-state index in [1.165, 1.54) is 5.57 Å². The number of hydrogen-bond acceptors (Lipinski definition) is 1. The second-order valence-electron chi connectivity index (χ2n) is 5.34. The van der Waals surface area contributed by atoms with Gasteiger partial charge in [-0.15, -0.1) is 0 Å². The highest BCUT2D eigenvalue weighted by Crippen LogP contribution is 2.33. The highest BCUT2D eigenvalue weighted by Gasteiger charge is 2.22. The Morgan fingerprint density at radius 3 is 2.60 bits per heavy atom. The molecule has 0 aliphatic heterocycles. The molecule has 0 bridgehead atoms. The van der Waals surface area contributed by atoms with Gasteiger partial charge < -0.3 is 4.74 Å². The molecule has 0 aromatic heterocycles. The van der Waals surface area contributed by atoms with E-state index in [0.29, 0.717) is 17.9 Å². The first-order valence-corrected chi connectivity index (χ1v) is 5.55. The minimum atomic E-state index is 0.355. The van der Waals surface area contributed by atoms with Crippen molar-refractivity contribution in [3.63, 3.8) is 0 Å². The van der Waals surface area contributed by atoms with Gasteiger partial charge in [-0.3, -0.25) is 0 Å². The van der Waals surface area contributed by atoms with Crippen molar-refractivity contribution in [2.24, 2.45) is 11.3 Å². The topological polar surface area (TPSA) is 9.23 Å². The first-order chi connectivity index (χ1) is 6.89. The van der Waals surface area contributed by atoms with Gasteiger partial charge in [0.25, 0.3) is 0 Å². The monoisotopic (exact) mass is 206 g/mol. The molecule has 0 N–H and O–H groups in total. The number of hydrogen-bond donors (Lipinski definition) is 0. The Bertz CT molecular complexity index is 289. The van der Waals surface area contributed by atoms with E-state index in [1.807, 2.05) is 6.92 Å². The molecule has 15 heavy (non-hydrogen) atoms. The molecule has 1 unspecified atom stereocenters. The van der Waals surface area contributed by atoms with Gasteiger partial charge in [-0.1, -0.05) is 45.6 Å². The van der Waals surface area contributed by atoms with Gasteiger partial charge in [0.2, 0.25) is 0 Å². The lowest BCUT2D eigenvalue weighted by Gasteiger charge is -2.29. The van der Waals surface area contributed by atoms with Crippen LogP contribution in [0.25, 0.3) is 0 Å². The summed E-state index contributed by atoms with van der Waals surface area (Å²) in [6.07, 6.45) is 7.88. The Kier molecular flexibility index (Phi) is 3.78. The molecule has 1 aliphatic carbocycles. The van der Waals surface area contributed by atoms with Crippen LogP contribution in [0.4, 0.5) is 0 Å². The molecule has 0 saturated carbocycles. The van der Waals surface area contributed by atoms with Crippen molar-refractivity contribution in [1.29, 1.82) is 0 Å². The van der Waals surface area contributed by atoms with Gasteiger partial charge in [-0.25, -0.2) is 0 Å². The standard InChI is InChI=1S/C14H22O/c1-11(2)15-10-12-6-8-13(9-7-12)14(3,4)5/h6-8,13H,1,9-10H2,2-5H3. The Hall–Kier alpha value is -0.980. The van der Waals surface area contributed by atoms with Gasteiger partial charge in [0.1, 0.15) is 6.61 Å². The second-order valence-corrected chi connectivity index (χ2v) is 5.34. The van der Waals surface area contributed by atoms with Gasteiger partial charge in [0.05, 0.1) is 5.76 Å². The molecule has 0 aromatic carbocycles. The third-order valence-electron chi connectivity index (χ3n) is 2.77. The summed E-state index contributed by atoms with van der Waals surface area (Å²) in [5, 5.41) is 0. The second kappa shape index (κ2) is 4.69. The van der Waals surface area contributed by atoms with E-state index in [1.54, 1.807) is 0 Å². The first kappa shape index (κ1) is 12.1. The van der Waals surface area contributed by atoms with E-state index in [-0.39, 0.29) is 0 Å². The minimum Gasteiger partial charge on any atom is -0.494 e. The molecule has 84 valence electrons. The van der Waals surface area contributed by atoms with Crippen LogP contribution in [0.5, 0.6) is 0 Å². The molecule has 1 atom stereocenters. The van der Waals surface area contributed by atoms with Gasteiger partial charge in [0, 0.05) is 0 Å². The molecule has 1 nitrogen and oxygen atoms in total. The molecule has 0 aromatic rings. The highest BCUT2D eigenvalue weighted by atomic mass is 16.5. The first-order valence-electron chi connectivity index (χ1n) is 5.55. The lowest BCUT2D eigenvalue weighted by atomic mass is 9.76. The van der Waals surface area contributed by atoms with Crippen LogP contribution in [-0.4, -0.2) is 6.61 Å². The van der Waals surface area contributed by atoms with Crippen LogP contribution < -0.4 is 0 Å². The molecule has 1 aliphatic rings. The largest absolute Gasteiger partial charge is 0.494 e. The molecule has 0 radical (unpaired) electrons. The smallest absolute Gasteiger partial charge is 0.112 e. The van der Waals surface area contributed by atoms with Crippen LogP contribution in [0.2, 0.25) is 0 Å². The maximum atomic E-state index is 5.39. The summed E-state index contributed by atoms with van der Waals surface area (Å²) in [7, 11) is 0. The minimum absolute atomic E-state index is 0.355. The Morgan fingerprint density at radius 1 is 1.53 bits per heavy atom. The molecule has 0 heterocycles. The summed E-state index contributed by atoms with van der Waals surface area (Å²) in [6, 6.07) is 0. The Labute approximate surface area is 93.5 Å². The van der Waals surface area contributed by atoms with E-state index in [2.05, 4.69) is 45.6 Å². The van der Waals surface area contributed by atoms with Crippen molar-refractivity contribution >= 4 is 0 Å². The van der Waals surface area contributed by atoms with E-state index in [0.717, 1.165) is 12.2 Å². The van der Waals surface area contributed by atoms with Crippen LogP contribution in [-0.2, 0) is 4.74 Å². The lowest BCUT2D eigenvalue weighted by Crippen LogP contribution is -2.19. The third-order valence-corrected chi connectivity index (χ3v) is 2.77. The maximum absolute atomic E-state index is 5.39. The summed E-state index contributed by atoms with van der Waals surface area (Å²) in [4.78, 5) is 0. The molecule has 1 heteroatoms. The van der Waals surface area contributed by atoms with Crippen molar-refractivity contribution in [1.82, 2.24) is 0 Å². The summed E-state index contributed by atoms with van der Waals surface area (Å²) in [5.41, 5.74) is 1.62. The van der Waals surface area contributed by atoms with Crippen LogP contribution >= 0.6 is 0 Å². The van der Waals surface area contributed by atoms with Crippen molar-refractivity contribution in [2.75, 3.05) is 6.61 Å². The zero-order chi connectivity index (χ0) is 11.5. The zero-order valence-corrected chi connectivity index (χ0v) is 10.3. The van der Waals surface area contributed by atoms with Crippen LogP contribution in [0.3, 0.4) is 0 Å². The maximum Gasteiger partial charge on any atom is 0.112 e. The van der Waals surface area contributed by atoms with Gasteiger partial charge in [0.15, 0.2) is 0 Å². The fourth-order valence-electron chi connectivity index (χ4n) is 1.62. The van der Waals surface area contributed by atoms with Gasteiger partial charge in [-0.05, 0) is 30.3 Å². The quantitative estimate of drug-likeness (QED) is 0.632. The van der Waals surface area contributed by atoms with Gasteiger partial charge >= 0.3 is 0 Å². The van der Waals surface area contributed by atoms with Crippen molar-refractivity contribution in [2.45, 2.75) is 34.1 Å². The molecular weight excluding hydrogens is 184 g/mol. The number of rotatable bonds is 3. The molecule has 0 amide bonds. The van der Waals surface area contributed by atoms with E-state index < -0.39 is 0 Å². The van der Waals surface area contributed by atoms with Crippen LogP contribution in [0.15, 0.2) is 36.1 Å². The average Bonchev–Trinajstić information content (AvgIpc) is 2.14. The predicted molar refractivity (Wildman–Crippen MR) is 65.6 cm³/mol. The normalized spacial score (nSPS) is 21.1. The number of ether oxygens (including phenoxy) is 1. The summed E-state index contributed by atoms with van der Waals surface area (Å²) < 4.78 is 5.39. The van der Waals surface area contributed by atoms with Crippen LogP contribution in [0, 0.1) is 11.3 Å². The van der Waals surface area contributed by atoms with Crippen LogP contribution in [0.1, 0.15) is 34.1 Å². The third kappa shape index (κ3) is 3.94. The summed E-state index contributed by atoms with van der Waals surface area (Å²) in [6.45, 7) is 13.1. The highest BCUT2D eigenvalue weighted by molar-refractivity contribution is 5.25. The Morgan fingerprint density at radius 2 is 2.20 bits per heavy atom. The lowest BCUT2D eigenvalue weighted by molar-refractivity contribution is 0.242. The molecule has 0 saturated heterocycles. The zero-order valence-electron chi connectivity index (χ0n) is 10.3. The predicted octanol–water partition coefficient (Wildman–Crippen LogP) is 4.09. The molecule has 1 rings (SSSR count). The van der Waals surface area contributed by atoms with E-state index in [9.17, 15) is 0 Å². The molecule has 0 fully saturated rings. The molecular formula is C14H22O. The van der Waals surface area contributed by atoms with Crippen molar-refractivity contribution in [3.8, 4) is 0 Å². The fraction of sp³-hybridized carbons (Fsp3) is 0.571. The summed E-state index contributed by atoms with van der Waals surface area (Å²) >= 11 is 0. The van der Waals surface area contributed by atoms with E-state index in [4.69, 9.17) is 4.74 Å². The summed E-state index contributed by atoms with van der Waals surface area (Å²) in [5.74, 6) is 1.42.